The van der Waals surface area contributed by atoms with Gasteiger partial charge < -0.3 is 15.0 Å². The third-order valence-corrected chi connectivity index (χ3v) is 4.07. The standard InChI is InChI=1S/C18H21N3O3S/c1-3-9-21(11-16(22)20-18-19-10-14(2)25-18)17(23)13-24-12-15-7-5-4-6-8-15/h3-8,10H,1,9,11-13H2,2H3,(H,19,20,22). The highest BCUT2D eigenvalue weighted by Gasteiger charge is 2.17. The Balaban J connectivity index is 1.82. The lowest BCUT2D eigenvalue weighted by Crippen LogP contribution is -2.40. The topological polar surface area (TPSA) is 71.5 Å². The number of ether oxygens (including phenoxy) is 1. The van der Waals surface area contributed by atoms with Gasteiger partial charge in [0.05, 0.1) is 6.61 Å². The highest BCUT2D eigenvalue weighted by molar-refractivity contribution is 7.15. The van der Waals surface area contributed by atoms with Crippen LogP contribution in [0.4, 0.5) is 5.13 Å². The quantitative estimate of drug-likeness (QED) is 0.699. The summed E-state index contributed by atoms with van der Waals surface area (Å²) >= 11 is 1.39. The van der Waals surface area contributed by atoms with Crippen LogP contribution in [0.1, 0.15) is 10.4 Å². The molecule has 1 heterocycles. The molecule has 0 radical (unpaired) electrons. The number of aryl methyl sites for hydroxylation is 1. The molecule has 7 heteroatoms. The molecule has 2 amide bonds. The molecule has 0 aliphatic rings. The Kier molecular flexibility index (Phi) is 7.31. The fraction of sp³-hybridized carbons (Fsp3) is 0.278. The molecule has 25 heavy (non-hydrogen) atoms. The minimum Gasteiger partial charge on any atom is -0.367 e. The van der Waals surface area contributed by atoms with Gasteiger partial charge in [-0.2, -0.15) is 0 Å². The van der Waals surface area contributed by atoms with Gasteiger partial charge in [0.15, 0.2) is 5.13 Å². The number of carbonyl (C=O) groups is 2. The van der Waals surface area contributed by atoms with Crippen molar-refractivity contribution in [2.24, 2.45) is 0 Å². The molecule has 0 saturated carbocycles. The molecule has 132 valence electrons. The molecule has 1 aromatic carbocycles. The van der Waals surface area contributed by atoms with Crippen molar-refractivity contribution >= 4 is 28.3 Å². The van der Waals surface area contributed by atoms with Crippen molar-refractivity contribution in [1.82, 2.24) is 9.88 Å². The third-order valence-electron chi connectivity index (χ3n) is 3.24. The van der Waals surface area contributed by atoms with E-state index in [9.17, 15) is 9.59 Å². The van der Waals surface area contributed by atoms with Crippen molar-refractivity contribution in [3.05, 3.63) is 59.6 Å². The lowest BCUT2D eigenvalue weighted by Gasteiger charge is -2.20. The summed E-state index contributed by atoms with van der Waals surface area (Å²) in [4.78, 5) is 30.8. The average molecular weight is 359 g/mol. The summed E-state index contributed by atoms with van der Waals surface area (Å²) in [6.45, 7) is 6.00. The van der Waals surface area contributed by atoms with E-state index in [2.05, 4.69) is 16.9 Å². The van der Waals surface area contributed by atoms with Gasteiger partial charge >= 0.3 is 0 Å². The van der Waals surface area contributed by atoms with E-state index in [1.54, 1.807) is 12.3 Å². The SMILES string of the molecule is C=CCN(CC(=O)Nc1ncc(C)s1)C(=O)COCc1ccccc1. The van der Waals surface area contributed by atoms with Gasteiger partial charge in [-0.25, -0.2) is 4.98 Å². The molecule has 1 aromatic heterocycles. The largest absolute Gasteiger partial charge is 0.367 e. The monoisotopic (exact) mass is 359 g/mol. The Bertz CT molecular complexity index is 715. The van der Waals surface area contributed by atoms with Crippen LogP contribution in [0, 0.1) is 6.92 Å². The van der Waals surface area contributed by atoms with E-state index < -0.39 is 0 Å². The van der Waals surface area contributed by atoms with E-state index in [1.807, 2.05) is 37.3 Å². The fourth-order valence-corrected chi connectivity index (χ4v) is 2.76. The van der Waals surface area contributed by atoms with Gasteiger partial charge in [0.25, 0.3) is 0 Å². The molecule has 0 atom stereocenters. The van der Waals surface area contributed by atoms with Gasteiger partial charge in [-0.05, 0) is 12.5 Å². The van der Waals surface area contributed by atoms with Crippen molar-refractivity contribution in [1.29, 1.82) is 0 Å². The predicted octanol–water partition coefficient (Wildman–Crippen LogP) is 2.62. The number of benzene rings is 1. The molecule has 0 saturated heterocycles. The molecule has 6 nitrogen and oxygen atoms in total. The minimum absolute atomic E-state index is 0.0713. The maximum absolute atomic E-state index is 12.3. The second kappa shape index (κ2) is 9.71. The van der Waals surface area contributed by atoms with Gasteiger partial charge in [-0.3, -0.25) is 9.59 Å². The number of hydrogen-bond donors (Lipinski definition) is 1. The van der Waals surface area contributed by atoms with Gasteiger partial charge in [0.1, 0.15) is 13.2 Å². The minimum atomic E-state index is -0.299. The van der Waals surface area contributed by atoms with Crippen molar-refractivity contribution in [3.63, 3.8) is 0 Å². The molecule has 0 spiro atoms. The second-order valence-electron chi connectivity index (χ2n) is 5.37. The Labute approximate surface area is 151 Å². The number of carbonyl (C=O) groups excluding carboxylic acids is 2. The lowest BCUT2D eigenvalue weighted by atomic mass is 10.2. The normalized spacial score (nSPS) is 10.3. The van der Waals surface area contributed by atoms with E-state index in [4.69, 9.17) is 4.74 Å². The van der Waals surface area contributed by atoms with Crippen LogP contribution in [-0.2, 0) is 20.9 Å². The maximum Gasteiger partial charge on any atom is 0.249 e. The van der Waals surface area contributed by atoms with Crippen LogP contribution in [0.2, 0.25) is 0 Å². The first-order chi connectivity index (χ1) is 12.1. The number of anilines is 1. The Hall–Kier alpha value is -2.51. The summed E-state index contributed by atoms with van der Waals surface area (Å²) in [5.74, 6) is -0.561. The van der Waals surface area contributed by atoms with Gasteiger partial charge in [0, 0.05) is 17.6 Å². The Morgan fingerprint density at radius 1 is 1.36 bits per heavy atom. The van der Waals surface area contributed by atoms with Crippen LogP contribution in [0.25, 0.3) is 0 Å². The zero-order chi connectivity index (χ0) is 18.1. The van der Waals surface area contributed by atoms with E-state index in [0.29, 0.717) is 11.7 Å². The molecule has 0 unspecified atom stereocenters. The molecular weight excluding hydrogens is 338 g/mol. The molecule has 2 aromatic rings. The molecule has 0 bridgehead atoms. The van der Waals surface area contributed by atoms with Gasteiger partial charge in [0.2, 0.25) is 11.8 Å². The number of rotatable bonds is 9. The number of nitrogens with zero attached hydrogens (tertiary/aromatic N) is 2. The maximum atomic E-state index is 12.3. The number of amides is 2. The third kappa shape index (κ3) is 6.48. The molecule has 1 N–H and O–H groups in total. The van der Waals surface area contributed by atoms with Crippen LogP contribution < -0.4 is 5.32 Å². The smallest absolute Gasteiger partial charge is 0.249 e. The Morgan fingerprint density at radius 2 is 2.12 bits per heavy atom. The average Bonchev–Trinajstić information content (AvgIpc) is 3.00. The summed E-state index contributed by atoms with van der Waals surface area (Å²) < 4.78 is 5.44. The zero-order valence-electron chi connectivity index (χ0n) is 14.1. The lowest BCUT2D eigenvalue weighted by molar-refractivity contribution is -0.138. The number of nitrogens with one attached hydrogen (secondary N) is 1. The number of hydrogen-bond acceptors (Lipinski definition) is 5. The summed E-state index contributed by atoms with van der Waals surface area (Å²) in [6, 6.07) is 9.60. The van der Waals surface area contributed by atoms with Crippen LogP contribution >= 0.6 is 11.3 Å². The van der Waals surface area contributed by atoms with Crippen molar-refractivity contribution in [2.45, 2.75) is 13.5 Å². The van der Waals surface area contributed by atoms with Crippen molar-refractivity contribution < 1.29 is 14.3 Å². The van der Waals surface area contributed by atoms with Crippen LogP contribution in [0.5, 0.6) is 0 Å². The van der Waals surface area contributed by atoms with Crippen LogP contribution in [0.15, 0.2) is 49.2 Å². The first kappa shape index (κ1) is 18.8. The van der Waals surface area contributed by atoms with E-state index in [-0.39, 0.29) is 31.5 Å². The predicted molar refractivity (Wildman–Crippen MR) is 98.4 cm³/mol. The molecule has 2 rings (SSSR count). The fourth-order valence-electron chi connectivity index (χ4n) is 2.08. The van der Waals surface area contributed by atoms with Crippen molar-refractivity contribution in [3.8, 4) is 0 Å². The zero-order valence-corrected chi connectivity index (χ0v) is 14.9. The summed E-state index contributed by atoms with van der Waals surface area (Å²) in [5, 5.41) is 3.21. The molecular formula is C18H21N3O3S. The summed E-state index contributed by atoms with van der Waals surface area (Å²) in [5.41, 5.74) is 0.988. The van der Waals surface area contributed by atoms with E-state index in [1.165, 1.54) is 16.2 Å². The highest BCUT2D eigenvalue weighted by atomic mass is 32.1. The summed E-state index contributed by atoms with van der Waals surface area (Å²) in [7, 11) is 0. The van der Waals surface area contributed by atoms with Gasteiger partial charge in [-0.1, -0.05) is 36.4 Å². The van der Waals surface area contributed by atoms with Crippen molar-refractivity contribution in [2.75, 3.05) is 25.0 Å². The first-order valence-electron chi connectivity index (χ1n) is 7.81. The van der Waals surface area contributed by atoms with Gasteiger partial charge in [-0.15, -0.1) is 17.9 Å². The Morgan fingerprint density at radius 3 is 2.76 bits per heavy atom. The number of thiazole rings is 1. The first-order valence-corrected chi connectivity index (χ1v) is 8.62. The second-order valence-corrected chi connectivity index (χ2v) is 6.60. The summed E-state index contributed by atoms with van der Waals surface area (Å²) in [6.07, 6.45) is 3.26. The van der Waals surface area contributed by atoms with Crippen LogP contribution in [0.3, 0.4) is 0 Å². The number of aromatic nitrogens is 1. The van der Waals surface area contributed by atoms with E-state index >= 15 is 0 Å². The van der Waals surface area contributed by atoms with Crippen LogP contribution in [-0.4, -0.2) is 41.4 Å². The molecule has 0 fully saturated rings. The van der Waals surface area contributed by atoms with E-state index in [0.717, 1.165) is 10.4 Å². The highest BCUT2D eigenvalue weighted by Crippen LogP contribution is 2.16. The molecule has 0 aliphatic heterocycles. The molecule has 0 aliphatic carbocycles.